The van der Waals surface area contributed by atoms with E-state index in [9.17, 15) is 0 Å². The number of hydrogen-bond acceptors (Lipinski definition) is 3. The van der Waals surface area contributed by atoms with Gasteiger partial charge in [0.15, 0.2) is 6.61 Å². The third-order valence-corrected chi connectivity index (χ3v) is 3.93. The van der Waals surface area contributed by atoms with E-state index in [4.69, 9.17) is 10.00 Å². The van der Waals surface area contributed by atoms with Crippen LogP contribution in [-0.2, 0) is 6.54 Å². The van der Waals surface area contributed by atoms with Gasteiger partial charge in [0.1, 0.15) is 11.8 Å². The van der Waals surface area contributed by atoms with Crippen LogP contribution in [0.15, 0.2) is 24.3 Å². The minimum atomic E-state index is 0.111. The van der Waals surface area contributed by atoms with Crippen molar-refractivity contribution in [3.05, 3.63) is 29.8 Å². The van der Waals surface area contributed by atoms with Gasteiger partial charge in [-0.1, -0.05) is 44.2 Å². The average Bonchev–Trinajstić information content (AvgIpc) is 2.45. The van der Waals surface area contributed by atoms with E-state index in [1.165, 1.54) is 50.5 Å². The number of rotatable bonds is 5. The molecule has 0 amide bonds. The Morgan fingerprint density at radius 1 is 1.05 bits per heavy atom. The van der Waals surface area contributed by atoms with Crippen LogP contribution in [0.4, 0.5) is 0 Å². The predicted molar refractivity (Wildman–Crippen MR) is 80.5 cm³/mol. The van der Waals surface area contributed by atoms with E-state index in [1.807, 2.05) is 18.2 Å². The van der Waals surface area contributed by atoms with E-state index >= 15 is 0 Å². The van der Waals surface area contributed by atoms with E-state index < -0.39 is 0 Å². The highest BCUT2D eigenvalue weighted by Crippen LogP contribution is 2.18. The lowest BCUT2D eigenvalue weighted by Gasteiger charge is -2.21. The summed E-state index contributed by atoms with van der Waals surface area (Å²) < 4.78 is 5.25. The van der Waals surface area contributed by atoms with Gasteiger partial charge in [-0.15, -0.1) is 0 Å². The molecule has 0 spiro atoms. The molecule has 3 nitrogen and oxygen atoms in total. The van der Waals surface area contributed by atoms with Crippen molar-refractivity contribution < 1.29 is 4.74 Å². The Morgan fingerprint density at radius 3 is 2.35 bits per heavy atom. The maximum absolute atomic E-state index is 8.47. The second-order valence-electron chi connectivity index (χ2n) is 5.51. The summed E-state index contributed by atoms with van der Waals surface area (Å²) in [4.78, 5) is 0. The summed E-state index contributed by atoms with van der Waals surface area (Å²) in [5.74, 6) is 0.765. The first-order valence-corrected chi connectivity index (χ1v) is 7.70. The predicted octanol–water partition coefficient (Wildman–Crippen LogP) is 3.79. The highest BCUT2D eigenvalue weighted by molar-refractivity contribution is 5.27. The summed E-state index contributed by atoms with van der Waals surface area (Å²) in [6.45, 7) is 1.03. The van der Waals surface area contributed by atoms with Gasteiger partial charge >= 0.3 is 0 Å². The Kier molecular flexibility index (Phi) is 6.40. The first-order valence-electron chi connectivity index (χ1n) is 7.70. The van der Waals surface area contributed by atoms with Crippen LogP contribution in [0.25, 0.3) is 0 Å². The Bertz CT molecular complexity index is 414. The molecule has 1 aromatic carbocycles. The number of nitrogens with zero attached hydrogens (tertiary/aromatic N) is 1. The lowest BCUT2D eigenvalue weighted by molar-refractivity contribution is 0.367. The molecule has 1 aliphatic rings. The Hall–Kier alpha value is -1.53. The van der Waals surface area contributed by atoms with Crippen LogP contribution in [0.2, 0.25) is 0 Å². The van der Waals surface area contributed by atoms with Gasteiger partial charge in [0.25, 0.3) is 0 Å². The minimum absolute atomic E-state index is 0.111. The van der Waals surface area contributed by atoms with Crippen LogP contribution < -0.4 is 10.1 Å². The molecule has 1 saturated carbocycles. The normalized spacial score (nSPS) is 16.9. The maximum Gasteiger partial charge on any atom is 0.174 e. The largest absolute Gasteiger partial charge is 0.479 e. The summed E-state index contributed by atoms with van der Waals surface area (Å²) >= 11 is 0. The van der Waals surface area contributed by atoms with E-state index in [-0.39, 0.29) is 6.61 Å². The molecule has 20 heavy (non-hydrogen) atoms. The van der Waals surface area contributed by atoms with Crippen molar-refractivity contribution in [2.75, 3.05) is 6.61 Å². The van der Waals surface area contributed by atoms with Gasteiger partial charge in [-0.25, -0.2) is 0 Å². The van der Waals surface area contributed by atoms with E-state index in [0.29, 0.717) is 6.04 Å². The van der Waals surface area contributed by atoms with Gasteiger partial charge in [0.2, 0.25) is 0 Å². The molecule has 0 unspecified atom stereocenters. The van der Waals surface area contributed by atoms with Gasteiger partial charge in [-0.05, 0) is 30.5 Å². The quantitative estimate of drug-likeness (QED) is 0.887. The molecule has 0 atom stereocenters. The maximum atomic E-state index is 8.47. The highest BCUT2D eigenvalue weighted by atomic mass is 16.5. The lowest BCUT2D eigenvalue weighted by Crippen LogP contribution is -2.29. The van der Waals surface area contributed by atoms with E-state index in [2.05, 4.69) is 17.4 Å². The molecule has 0 heterocycles. The number of nitriles is 1. The monoisotopic (exact) mass is 272 g/mol. The third kappa shape index (κ3) is 5.22. The summed E-state index contributed by atoms with van der Waals surface area (Å²) in [5, 5.41) is 12.1. The van der Waals surface area contributed by atoms with Gasteiger partial charge in [0, 0.05) is 12.6 Å². The molecular formula is C17H24N2O. The SMILES string of the molecule is N#CCOc1ccc(CNC2CCCCCCC2)cc1. The molecule has 1 aliphatic carbocycles. The van der Waals surface area contributed by atoms with Crippen LogP contribution >= 0.6 is 0 Å². The first kappa shape index (κ1) is 14.9. The van der Waals surface area contributed by atoms with Crippen molar-refractivity contribution in [2.24, 2.45) is 0 Å². The average molecular weight is 272 g/mol. The van der Waals surface area contributed by atoms with Crippen LogP contribution in [0.5, 0.6) is 5.75 Å². The number of benzene rings is 1. The minimum Gasteiger partial charge on any atom is -0.479 e. The number of nitrogens with one attached hydrogen (secondary N) is 1. The zero-order valence-electron chi connectivity index (χ0n) is 12.1. The second kappa shape index (κ2) is 8.60. The Morgan fingerprint density at radius 2 is 1.70 bits per heavy atom. The van der Waals surface area contributed by atoms with Gasteiger partial charge < -0.3 is 10.1 Å². The van der Waals surface area contributed by atoms with Crippen LogP contribution in [-0.4, -0.2) is 12.6 Å². The lowest BCUT2D eigenvalue weighted by atomic mass is 9.96. The fraction of sp³-hybridized carbons (Fsp3) is 0.588. The zero-order valence-corrected chi connectivity index (χ0v) is 12.1. The molecule has 1 N–H and O–H groups in total. The fourth-order valence-electron chi connectivity index (χ4n) is 2.74. The third-order valence-electron chi connectivity index (χ3n) is 3.93. The topological polar surface area (TPSA) is 45.0 Å². The molecule has 0 saturated heterocycles. The molecular weight excluding hydrogens is 248 g/mol. The zero-order chi connectivity index (χ0) is 14.0. The highest BCUT2D eigenvalue weighted by Gasteiger charge is 2.10. The first-order chi connectivity index (χ1) is 9.88. The fourth-order valence-corrected chi connectivity index (χ4v) is 2.74. The standard InChI is InChI=1S/C17H24N2O/c18-12-13-20-17-10-8-15(9-11-17)14-19-16-6-4-2-1-3-5-7-16/h8-11,16,19H,1-7,13-14H2. The molecule has 0 bridgehead atoms. The molecule has 0 aliphatic heterocycles. The smallest absolute Gasteiger partial charge is 0.174 e. The second-order valence-corrected chi connectivity index (χ2v) is 5.51. The molecule has 0 radical (unpaired) electrons. The van der Waals surface area contributed by atoms with Gasteiger partial charge in [-0.2, -0.15) is 5.26 Å². The summed E-state index contributed by atoms with van der Waals surface area (Å²) in [5.41, 5.74) is 1.27. The van der Waals surface area contributed by atoms with Crippen molar-refractivity contribution in [1.82, 2.24) is 5.32 Å². The molecule has 108 valence electrons. The molecule has 1 aromatic rings. The molecule has 3 heteroatoms. The van der Waals surface area contributed by atoms with Crippen molar-refractivity contribution >= 4 is 0 Å². The molecule has 1 fully saturated rings. The van der Waals surface area contributed by atoms with Gasteiger partial charge in [-0.3, -0.25) is 0 Å². The van der Waals surface area contributed by atoms with Crippen molar-refractivity contribution in [1.29, 1.82) is 5.26 Å². The Balaban J connectivity index is 1.76. The van der Waals surface area contributed by atoms with Crippen LogP contribution in [0, 0.1) is 11.3 Å². The van der Waals surface area contributed by atoms with Gasteiger partial charge in [0.05, 0.1) is 0 Å². The van der Waals surface area contributed by atoms with Crippen molar-refractivity contribution in [3.63, 3.8) is 0 Å². The summed E-state index contributed by atoms with van der Waals surface area (Å²) in [7, 11) is 0. The Labute approximate surface area is 121 Å². The summed E-state index contributed by atoms with van der Waals surface area (Å²) in [6, 6.07) is 10.7. The molecule has 0 aromatic heterocycles. The van der Waals surface area contributed by atoms with Crippen LogP contribution in [0.3, 0.4) is 0 Å². The van der Waals surface area contributed by atoms with E-state index in [0.717, 1.165) is 12.3 Å². The summed E-state index contributed by atoms with van der Waals surface area (Å²) in [6.07, 6.45) is 9.53. The van der Waals surface area contributed by atoms with Crippen LogP contribution in [0.1, 0.15) is 50.5 Å². The number of hydrogen-bond donors (Lipinski definition) is 1. The molecule has 2 rings (SSSR count). The van der Waals surface area contributed by atoms with E-state index in [1.54, 1.807) is 0 Å². The number of ether oxygens (including phenoxy) is 1. The van der Waals surface area contributed by atoms with Crippen molar-refractivity contribution in [2.45, 2.75) is 57.5 Å². The van der Waals surface area contributed by atoms with Crippen molar-refractivity contribution in [3.8, 4) is 11.8 Å².